The van der Waals surface area contributed by atoms with E-state index in [-0.39, 0.29) is 12.3 Å². The number of rotatable bonds is 0. The van der Waals surface area contributed by atoms with E-state index in [4.69, 9.17) is 4.79 Å². The van der Waals surface area contributed by atoms with Crippen LogP contribution in [0.4, 0.5) is 0 Å². The lowest BCUT2D eigenvalue weighted by Crippen LogP contribution is -1.36. The number of aldehydes is 1. The maximum Gasteiger partial charge on any atom is 0.116 e. The SMILES string of the molecule is CC=O.N.N. The zero-order chi connectivity index (χ0) is 2.71. The lowest BCUT2D eigenvalue weighted by Gasteiger charge is -1.23. The van der Waals surface area contributed by atoms with E-state index < -0.39 is 0 Å². The van der Waals surface area contributed by atoms with E-state index in [9.17, 15) is 0 Å². The van der Waals surface area contributed by atoms with Gasteiger partial charge in [0.15, 0.2) is 0 Å². The van der Waals surface area contributed by atoms with Gasteiger partial charge in [-0.25, -0.2) is 0 Å². The van der Waals surface area contributed by atoms with Crippen LogP contribution in [-0.2, 0) is 4.79 Å². The second kappa shape index (κ2) is 69.2. The highest BCUT2D eigenvalue weighted by molar-refractivity contribution is 5.44. The third-order valence-corrected chi connectivity index (χ3v) is 0. The van der Waals surface area contributed by atoms with Crippen molar-refractivity contribution in [3.05, 3.63) is 0 Å². The monoisotopic (exact) mass is 78.1 g/mol. The smallest absolute Gasteiger partial charge is 0.116 e. The highest BCUT2D eigenvalue weighted by atomic mass is 16.1. The largest absolute Gasteiger partial charge is 0.344 e. The molecule has 5 heavy (non-hydrogen) atoms. The van der Waals surface area contributed by atoms with Gasteiger partial charge in [-0.15, -0.1) is 0 Å². The van der Waals surface area contributed by atoms with Crippen LogP contribution in [0, 0.1) is 0 Å². The molecule has 3 heteroatoms. The molecule has 0 aliphatic carbocycles. The Kier molecular flexibility index (Phi) is 324. The van der Waals surface area contributed by atoms with Crippen LogP contribution in [0.25, 0.3) is 0 Å². The van der Waals surface area contributed by atoms with Gasteiger partial charge >= 0.3 is 0 Å². The van der Waals surface area contributed by atoms with Gasteiger partial charge in [0.05, 0.1) is 0 Å². The molecule has 3 nitrogen and oxygen atoms in total. The van der Waals surface area contributed by atoms with E-state index in [0.717, 1.165) is 6.29 Å². The predicted molar refractivity (Wildman–Crippen MR) is 21.8 cm³/mol. The maximum absolute atomic E-state index is 8.81. The van der Waals surface area contributed by atoms with Crippen molar-refractivity contribution in [3.8, 4) is 0 Å². The van der Waals surface area contributed by atoms with Crippen molar-refractivity contribution in [1.29, 1.82) is 0 Å². The summed E-state index contributed by atoms with van der Waals surface area (Å²) in [4.78, 5) is 8.81. The minimum atomic E-state index is 0. The van der Waals surface area contributed by atoms with Crippen molar-refractivity contribution in [2.75, 3.05) is 0 Å². The molecule has 34 valence electrons. The lowest BCUT2D eigenvalue weighted by atomic mass is 11.0. The molecule has 0 unspecified atom stereocenters. The molecule has 0 heterocycles. The standard InChI is InChI=1S/C2H4O.2H3N/c1-2-3;;/h2H,1H3;2*1H3. The molecule has 0 rings (SSSR count). The molecule has 0 aromatic heterocycles. The van der Waals surface area contributed by atoms with Crippen molar-refractivity contribution in [1.82, 2.24) is 12.3 Å². The summed E-state index contributed by atoms with van der Waals surface area (Å²) in [6.45, 7) is 1.44. The van der Waals surface area contributed by atoms with Crippen molar-refractivity contribution in [3.63, 3.8) is 0 Å². The van der Waals surface area contributed by atoms with Crippen LogP contribution in [0.15, 0.2) is 0 Å². The number of carbonyl (C=O) groups excluding carboxylic acids is 1. The van der Waals surface area contributed by atoms with Crippen LogP contribution in [0.1, 0.15) is 6.92 Å². The number of hydrogen-bond donors (Lipinski definition) is 2. The molecule has 0 fully saturated rings. The van der Waals surface area contributed by atoms with E-state index in [1.807, 2.05) is 0 Å². The normalized spacial score (nSPS) is 2.60. The van der Waals surface area contributed by atoms with E-state index >= 15 is 0 Å². The summed E-state index contributed by atoms with van der Waals surface area (Å²) in [5.74, 6) is 0. The fraction of sp³-hybridized carbons (Fsp3) is 0.500. The van der Waals surface area contributed by atoms with Crippen molar-refractivity contribution in [2.45, 2.75) is 6.92 Å². The Morgan fingerprint density at radius 3 is 1.40 bits per heavy atom. The first-order chi connectivity index (χ1) is 1.41. The topological polar surface area (TPSA) is 87.1 Å². The maximum atomic E-state index is 8.81. The molecule has 6 N–H and O–H groups in total. The van der Waals surface area contributed by atoms with Gasteiger partial charge in [-0.3, -0.25) is 0 Å². The third-order valence-electron chi connectivity index (χ3n) is 0. The molecule has 0 amide bonds. The quantitative estimate of drug-likeness (QED) is 0.414. The molecular weight excluding hydrogens is 68.0 g/mol. The zero-order valence-corrected chi connectivity index (χ0v) is 3.40. The molecule has 0 bridgehead atoms. The predicted octanol–water partition coefficient (Wildman–Crippen LogP) is 0.529. The van der Waals surface area contributed by atoms with Gasteiger partial charge in [0.25, 0.3) is 0 Å². The summed E-state index contributed by atoms with van der Waals surface area (Å²) in [6, 6.07) is 0. The minimum Gasteiger partial charge on any atom is -0.344 e. The molecule has 0 aliphatic rings. The molecule has 0 radical (unpaired) electrons. The zero-order valence-electron chi connectivity index (χ0n) is 3.40. The Balaban J connectivity index is -0.0000000200. The average molecular weight is 78.1 g/mol. The van der Waals surface area contributed by atoms with E-state index in [1.54, 1.807) is 0 Å². The van der Waals surface area contributed by atoms with Gasteiger partial charge in [0.1, 0.15) is 6.29 Å². The second-order valence-corrected chi connectivity index (χ2v) is 0.236. The van der Waals surface area contributed by atoms with Crippen LogP contribution in [-0.4, -0.2) is 6.29 Å². The summed E-state index contributed by atoms with van der Waals surface area (Å²) in [6.07, 6.45) is 0.750. The Labute approximate surface area is 31.5 Å². The number of carbonyl (C=O) groups is 1. The van der Waals surface area contributed by atoms with Crippen LogP contribution >= 0.6 is 0 Å². The van der Waals surface area contributed by atoms with Crippen LogP contribution in [0.5, 0.6) is 0 Å². The summed E-state index contributed by atoms with van der Waals surface area (Å²) in [5.41, 5.74) is 0. The lowest BCUT2D eigenvalue weighted by molar-refractivity contribution is -0.106. The Hall–Kier alpha value is -0.410. The summed E-state index contributed by atoms with van der Waals surface area (Å²) in [5, 5.41) is 0. The molecule has 0 aliphatic heterocycles. The summed E-state index contributed by atoms with van der Waals surface area (Å²) < 4.78 is 0. The first-order valence-corrected chi connectivity index (χ1v) is 0.813. The van der Waals surface area contributed by atoms with Crippen LogP contribution in [0.3, 0.4) is 0 Å². The molecule has 0 saturated heterocycles. The Morgan fingerprint density at radius 2 is 1.40 bits per heavy atom. The first-order valence-electron chi connectivity index (χ1n) is 0.813. The Morgan fingerprint density at radius 1 is 1.40 bits per heavy atom. The minimum absolute atomic E-state index is 0. The fourth-order valence-corrected chi connectivity index (χ4v) is 0. The molecule has 0 atom stereocenters. The van der Waals surface area contributed by atoms with E-state index in [0.29, 0.717) is 0 Å². The van der Waals surface area contributed by atoms with E-state index in [2.05, 4.69) is 0 Å². The van der Waals surface area contributed by atoms with Gasteiger partial charge in [0, 0.05) is 0 Å². The molecule has 0 saturated carbocycles. The summed E-state index contributed by atoms with van der Waals surface area (Å²) >= 11 is 0. The van der Waals surface area contributed by atoms with Crippen LogP contribution in [0.2, 0.25) is 0 Å². The highest BCUT2D eigenvalue weighted by Crippen LogP contribution is 1.13. The van der Waals surface area contributed by atoms with Gasteiger partial charge in [-0.2, -0.15) is 0 Å². The molecular formula is C2H10N2O. The second-order valence-electron chi connectivity index (χ2n) is 0.236. The first kappa shape index (κ1) is 23.4. The Bertz CT molecular complexity index is 15.1. The van der Waals surface area contributed by atoms with E-state index in [1.165, 1.54) is 6.92 Å². The van der Waals surface area contributed by atoms with Crippen molar-refractivity contribution < 1.29 is 4.79 Å². The molecule has 0 aromatic rings. The van der Waals surface area contributed by atoms with Gasteiger partial charge in [-0.1, -0.05) is 0 Å². The fourth-order valence-electron chi connectivity index (χ4n) is 0. The number of hydrogen-bond acceptors (Lipinski definition) is 3. The molecule has 0 aromatic carbocycles. The van der Waals surface area contributed by atoms with Gasteiger partial charge in [0.2, 0.25) is 0 Å². The highest BCUT2D eigenvalue weighted by Gasteiger charge is 1.24. The molecule has 0 spiro atoms. The summed E-state index contributed by atoms with van der Waals surface area (Å²) in [7, 11) is 0. The van der Waals surface area contributed by atoms with Gasteiger partial charge < -0.3 is 17.1 Å². The van der Waals surface area contributed by atoms with Gasteiger partial charge in [-0.05, 0) is 6.92 Å². The average Bonchev–Trinajstić information content (AvgIpc) is 0.918. The van der Waals surface area contributed by atoms with Crippen molar-refractivity contribution >= 4 is 6.29 Å². The van der Waals surface area contributed by atoms with Crippen molar-refractivity contribution in [2.24, 2.45) is 0 Å². The van der Waals surface area contributed by atoms with Crippen LogP contribution < -0.4 is 12.3 Å². The third kappa shape index (κ3) is 54.0.